The van der Waals surface area contributed by atoms with E-state index in [1.54, 1.807) is 7.11 Å². The van der Waals surface area contributed by atoms with Crippen LogP contribution in [0.3, 0.4) is 0 Å². The number of benzene rings is 1. The highest BCUT2D eigenvalue weighted by molar-refractivity contribution is 5.69. The van der Waals surface area contributed by atoms with Gasteiger partial charge in [-0.15, -0.1) is 0 Å². The molecule has 1 saturated heterocycles. The van der Waals surface area contributed by atoms with E-state index in [2.05, 4.69) is 29.3 Å². The molecule has 5 heteroatoms. The number of hydrogen-bond donors (Lipinski definition) is 3. The number of hydrogen-bond acceptors (Lipinski definition) is 5. The van der Waals surface area contributed by atoms with Gasteiger partial charge < -0.3 is 26.4 Å². The molecular formula is C18H30N4O. The van der Waals surface area contributed by atoms with Crippen molar-refractivity contribution in [1.29, 1.82) is 0 Å². The predicted octanol–water partition coefficient (Wildman–Crippen LogP) is 2.04. The molecule has 128 valence electrons. The zero-order valence-electron chi connectivity index (χ0n) is 14.3. The number of allylic oxidation sites excluding steroid dienone is 1. The quantitative estimate of drug-likeness (QED) is 0.671. The zero-order valence-corrected chi connectivity index (χ0v) is 14.3. The topological polar surface area (TPSA) is 76.5 Å². The second kappa shape index (κ2) is 8.79. The van der Waals surface area contributed by atoms with Crippen LogP contribution in [0.5, 0.6) is 5.75 Å². The van der Waals surface area contributed by atoms with E-state index < -0.39 is 0 Å². The molecular weight excluding hydrogens is 288 g/mol. The molecule has 0 spiro atoms. The molecule has 0 saturated carbocycles. The third-order valence-electron chi connectivity index (χ3n) is 4.35. The van der Waals surface area contributed by atoms with Crippen LogP contribution in [-0.4, -0.2) is 44.2 Å². The Balaban J connectivity index is 2.04. The van der Waals surface area contributed by atoms with Gasteiger partial charge in [0.05, 0.1) is 12.8 Å². The first kappa shape index (κ1) is 17.6. The lowest BCUT2D eigenvalue weighted by molar-refractivity contribution is 0.210. The summed E-state index contributed by atoms with van der Waals surface area (Å²) in [4.78, 5) is 2.44. The molecule has 0 atom stereocenters. The third kappa shape index (κ3) is 4.88. The van der Waals surface area contributed by atoms with E-state index in [0.29, 0.717) is 11.7 Å². The first-order valence-corrected chi connectivity index (χ1v) is 8.51. The molecule has 5 N–H and O–H groups in total. The van der Waals surface area contributed by atoms with Crippen molar-refractivity contribution in [3.8, 4) is 5.75 Å². The summed E-state index contributed by atoms with van der Waals surface area (Å²) < 4.78 is 5.35. The number of anilines is 1. The number of nitrogen functional groups attached to an aromatic ring is 1. The third-order valence-corrected chi connectivity index (χ3v) is 4.35. The Labute approximate surface area is 139 Å². The molecule has 1 heterocycles. The van der Waals surface area contributed by atoms with Crippen LogP contribution >= 0.6 is 0 Å². The van der Waals surface area contributed by atoms with Gasteiger partial charge in [0.25, 0.3) is 0 Å². The van der Waals surface area contributed by atoms with Crippen molar-refractivity contribution in [2.45, 2.75) is 32.2 Å². The van der Waals surface area contributed by atoms with E-state index in [1.165, 1.54) is 5.70 Å². The van der Waals surface area contributed by atoms with Crippen molar-refractivity contribution in [3.63, 3.8) is 0 Å². The van der Waals surface area contributed by atoms with Crippen molar-refractivity contribution >= 4 is 11.4 Å². The molecule has 0 radical (unpaired) electrons. The fourth-order valence-electron chi connectivity index (χ4n) is 3.05. The second-order valence-electron chi connectivity index (χ2n) is 6.03. The van der Waals surface area contributed by atoms with Gasteiger partial charge in [0.2, 0.25) is 0 Å². The number of nitrogens with one attached hydrogen (secondary N) is 1. The Kier molecular flexibility index (Phi) is 6.74. The molecule has 0 amide bonds. The molecule has 2 rings (SSSR count). The van der Waals surface area contributed by atoms with Gasteiger partial charge >= 0.3 is 0 Å². The Morgan fingerprint density at radius 1 is 1.39 bits per heavy atom. The van der Waals surface area contributed by atoms with Crippen molar-refractivity contribution < 1.29 is 4.74 Å². The molecule has 5 nitrogen and oxygen atoms in total. The Hall–Kier alpha value is -1.72. The van der Waals surface area contributed by atoms with E-state index in [1.807, 2.05) is 12.1 Å². The summed E-state index contributed by atoms with van der Waals surface area (Å²) in [5, 5.41) is 3.71. The molecule has 0 unspecified atom stereocenters. The summed E-state index contributed by atoms with van der Waals surface area (Å²) in [5.74, 6) is 0.726. The molecule has 1 aliphatic rings. The van der Waals surface area contributed by atoms with E-state index >= 15 is 0 Å². The minimum absolute atomic E-state index is 0.505. The van der Waals surface area contributed by atoms with Crippen LogP contribution in [0.4, 0.5) is 5.69 Å². The van der Waals surface area contributed by atoms with Gasteiger partial charge in [-0.2, -0.15) is 0 Å². The minimum atomic E-state index is 0.505. The lowest BCUT2D eigenvalue weighted by Gasteiger charge is -2.33. The lowest BCUT2D eigenvalue weighted by atomic mass is 10.0. The maximum Gasteiger partial charge on any atom is 0.142 e. The van der Waals surface area contributed by atoms with E-state index in [-0.39, 0.29) is 0 Å². The van der Waals surface area contributed by atoms with Crippen LogP contribution in [0.15, 0.2) is 24.3 Å². The van der Waals surface area contributed by atoms with Gasteiger partial charge in [0.15, 0.2) is 0 Å². The molecule has 23 heavy (non-hydrogen) atoms. The summed E-state index contributed by atoms with van der Waals surface area (Å²) in [7, 11) is 1.65. The Morgan fingerprint density at radius 3 is 2.74 bits per heavy atom. The van der Waals surface area contributed by atoms with Crippen molar-refractivity contribution in [2.75, 3.05) is 39.0 Å². The molecule has 1 aromatic rings. The highest BCUT2D eigenvalue weighted by atomic mass is 16.5. The number of rotatable bonds is 7. The van der Waals surface area contributed by atoms with Crippen LogP contribution in [0, 0.1) is 0 Å². The average molecular weight is 318 g/mol. The fraction of sp³-hybridized carbons (Fsp3) is 0.556. The van der Waals surface area contributed by atoms with Crippen molar-refractivity contribution in [3.05, 3.63) is 29.8 Å². The number of methoxy groups -OCH3 is 1. The monoisotopic (exact) mass is 318 g/mol. The molecule has 1 aliphatic heterocycles. The van der Waals surface area contributed by atoms with E-state index in [4.69, 9.17) is 16.2 Å². The van der Waals surface area contributed by atoms with Crippen LogP contribution in [0.1, 0.15) is 31.7 Å². The van der Waals surface area contributed by atoms with Gasteiger partial charge in [-0.05, 0) is 31.4 Å². The first-order valence-electron chi connectivity index (χ1n) is 8.51. The smallest absolute Gasteiger partial charge is 0.142 e. The van der Waals surface area contributed by atoms with E-state index in [9.17, 15) is 0 Å². The van der Waals surface area contributed by atoms with E-state index in [0.717, 1.165) is 56.8 Å². The van der Waals surface area contributed by atoms with Crippen LogP contribution in [0.2, 0.25) is 0 Å². The molecule has 1 aromatic carbocycles. The molecule has 0 bridgehead atoms. The highest BCUT2D eigenvalue weighted by Crippen LogP contribution is 2.26. The van der Waals surface area contributed by atoms with Gasteiger partial charge in [0.1, 0.15) is 5.75 Å². The number of nitrogens with zero attached hydrogens (tertiary/aromatic N) is 1. The van der Waals surface area contributed by atoms with Crippen LogP contribution in [0.25, 0.3) is 5.70 Å². The first-order chi connectivity index (χ1) is 11.2. The summed E-state index contributed by atoms with van der Waals surface area (Å²) >= 11 is 0. The molecule has 0 aliphatic carbocycles. The lowest BCUT2D eigenvalue weighted by Crippen LogP contribution is -2.43. The maximum absolute atomic E-state index is 5.92. The SMILES string of the molecule is CC/C=C(\NC1CCN(CCN)CC1)c1ccc(N)c(OC)c1. The summed E-state index contributed by atoms with van der Waals surface area (Å²) in [6, 6.07) is 6.47. The number of ether oxygens (including phenoxy) is 1. The molecule has 0 aromatic heterocycles. The fourth-order valence-corrected chi connectivity index (χ4v) is 3.05. The standard InChI is InChI=1S/C18H30N4O/c1-3-4-17(14-5-6-16(20)18(13-14)23-2)21-15-7-10-22(11-8-15)12-9-19/h4-6,13,15,21H,3,7-12,19-20H2,1-2H3/b17-4-. The number of likely N-dealkylation sites (tertiary alicyclic amines) is 1. The van der Waals surface area contributed by atoms with Gasteiger partial charge in [-0.1, -0.05) is 19.1 Å². The summed E-state index contributed by atoms with van der Waals surface area (Å²) in [6.07, 6.45) is 5.51. The largest absolute Gasteiger partial charge is 0.495 e. The van der Waals surface area contributed by atoms with Crippen LogP contribution < -0.4 is 21.5 Å². The normalized spacial score (nSPS) is 17.3. The van der Waals surface area contributed by atoms with Gasteiger partial charge in [-0.3, -0.25) is 0 Å². The summed E-state index contributed by atoms with van der Waals surface area (Å²) in [5.41, 5.74) is 14.5. The molecule has 1 fully saturated rings. The van der Waals surface area contributed by atoms with Crippen molar-refractivity contribution in [2.24, 2.45) is 5.73 Å². The highest BCUT2D eigenvalue weighted by Gasteiger charge is 2.19. The maximum atomic E-state index is 5.92. The number of piperidine rings is 1. The van der Waals surface area contributed by atoms with Gasteiger partial charge in [0, 0.05) is 43.5 Å². The zero-order chi connectivity index (χ0) is 16.7. The number of nitrogens with two attached hydrogens (primary N) is 2. The Bertz CT molecular complexity index is 522. The predicted molar refractivity (Wildman–Crippen MR) is 97.3 cm³/mol. The van der Waals surface area contributed by atoms with Gasteiger partial charge in [-0.25, -0.2) is 0 Å². The minimum Gasteiger partial charge on any atom is -0.495 e. The average Bonchev–Trinajstić information content (AvgIpc) is 2.57. The van der Waals surface area contributed by atoms with Crippen LogP contribution in [-0.2, 0) is 0 Å². The van der Waals surface area contributed by atoms with Crippen molar-refractivity contribution in [1.82, 2.24) is 10.2 Å². The second-order valence-corrected chi connectivity index (χ2v) is 6.03. The summed E-state index contributed by atoms with van der Waals surface area (Å²) in [6.45, 7) is 6.11. The Morgan fingerprint density at radius 2 is 2.13 bits per heavy atom.